The van der Waals surface area contributed by atoms with E-state index in [1.165, 1.54) is 13.1 Å². The second-order valence-corrected chi connectivity index (χ2v) is 7.43. The molecule has 2 aliphatic rings. The molecule has 148 valence electrons. The van der Waals surface area contributed by atoms with Gasteiger partial charge in [-0.3, -0.25) is 9.59 Å². The van der Waals surface area contributed by atoms with E-state index in [0.29, 0.717) is 37.1 Å². The Morgan fingerprint density at radius 3 is 2.43 bits per heavy atom. The van der Waals surface area contributed by atoms with Crippen molar-refractivity contribution in [3.8, 4) is 0 Å². The van der Waals surface area contributed by atoms with Crippen LogP contribution in [-0.2, 0) is 9.53 Å². The van der Waals surface area contributed by atoms with Crippen molar-refractivity contribution < 1.29 is 23.8 Å². The first-order valence-electron chi connectivity index (χ1n) is 9.39. The summed E-state index contributed by atoms with van der Waals surface area (Å²) in [5.74, 6) is -2.18. The summed E-state index contributed by atoms with van der Waals surface area (Å²) in [4.78, 5) is 36.9. The Bertz CT molecular complexity index is 1020. The van der Waals surface area contributed by atoms with Crippen molar-refractivity contribution in [1.82, 2.24) is 4.57 Å². The maximum atomic E-state index is 14.8. The SMILES string of the molecule is CC(=O)OC1CCN(c2cc3c(cc2F)c(=O)c(C(=O)O)cn3C2CC2)CC1. The molecule has 0 amide bonds. The molecule has 0 bridgehead atoms. The van der Waals surface area contributed by atoms with Gasteiger partial charge in [0.25, 0.3) is 0 Å². The number of nitrogens with zero attached hydrogens (tertiary/aromatic N) is 2. The maximum absolute atomic E-state index is 14.8. The Hall–Kier alpha value is -2.90. The Balaban J connectivity index is 1.73. The fourth-order valence-electron chi connectivity index (χ4n) is 3.86. The van der Waals surface area contributed by atoms with Crippen LogP contribution in [0.5, 0.6) is 0 Å². The molecule has 7 nitrogen and oxygen atoms in total. The third kappa shape index (κ3) is 3.34. The number of esters is 1. The number of carboxylic acids is 1. The highest BCUT2D eigenvalue weighted by Gasteiger charge is 2.29. The van der Waals surface area contributed by atoms with Crippen molar-refractivity contribution in [2.45, 2.75) is 44.8 Å². The van der Waals surface area contributed by atoms with Crippen molar-refractivity contribution in [2.24, 2.45) is 0 Å². The maximum Gasteiger partial charge on any atom is 0.341 e. The molecular formula is C20H21FN2O5. The zero-order chi connectivity index (χ0) is 20.0. The minimum Gasteiger partial charge on any atom is -0.477 e. The van der Waals surface area contributed by atoms with E-state index in [0.717, 1.165) is 18.9 Å². The Kier molecular flexibility index (Phi) is 4.56. The normalized spacial score (nSPS) is 17.7. The lowest BCUT2D eigenvalue weighted by Gasteiger charge is -2.33. The van der Waals surface area contributed by atoms with E-state index in [1.54, 1.807) is 10.6 Å². The van der Waals surface area contributed by atoms with Crippen LogP contribution in [0.3, 0.4) is 0 Å². The fraction of sp³-hybridized carbons (Fsp3) is 0.450. The van der Waals surface area contributed by atoms with E-state index in [4.69, 9.17) is 4.74 Å². The first-order chi connectivity index (χ1) is 13.3. The number of hydrogen-bond acceptors (Lipinski definition) is 5. The van der Waals surface area contributed by atoms with Gasteiger partial charge in [-0.05, 0) is 25.0 Å². The Morgan fingerprint density at radius 1 is 1.18 bits per heavy atom. The topological polar surface area (TPSA) is 88.8 Å². The summed E-state index contributed by atoms with van der Waals surface area (Å²) in [6.45, 7) is 2.43. The number of piperidine rings is 1. The van der Waals surface area contributed by atoms with Crippen LogP contribution in [-0.4, -0.2) is 40.8 Å². The highest BCUT2D eigenvalue weighted by atomic mass is 19.1. The van der Waals surface area contributed by atoms with Crippen LogP contribution < -0.4 is 10.3 Å². The Morgan fingerprint density at radius 2 is 1.86 bits per heavy atom. The van der Waals surface area contributed by atoms with Crippen molar-refractivity contribution in [3.05, 3.63) is 39.9 Å². The molecule has 1 aromatic heterocycles. The zero-order valence-electron chi connectivity index (χ0n) is 15.5. The summed E-state index contributed by atoms with van der Waals surface area (Å²) < 4.78 is 21.9. The van der Waals surface area contributed by atoms with Crippen LogP contribution in [0, 0.1) is 5.82 Å². The van der Waals surface area contributed by atoms with Crippen LogP contribution in [0.1, 0.15) is 49.0 Å². The molecule has 1 aromatic carbocycles. The summed E-state index contributed by atoms with van der Waals surface area (Å²) in [7, 11) is 0. The third-order valence-corrected chi connectivity index (χ3v) is 5.39. The van der Waals surface area contributed by atoms with Crippen LogP contribution in [0.25, 0.3) is 10.9 Å². The number of fused-ring (bicyclic) bond motifs is 1. The predicted molar refractivity (Wildman–Crippen MR) is 100 cm³/mol. The van der Waals surface area contributed by atoms with Gasteiger partial charge in [0.05, 0.1) is 11.2 Å². The molecule has 0 unspecified atom stereocenters. The molecule has 1 saturated carbocycles. The molecular weight excluding hydrogens is 367 g/mol. The summed E-state index contributed by atoms with van der Waals surface area (Å²) >= 11 is 0. The van der Waals surface area contributed by atoms with E-state index in [1.807, 2.05) is 4.90 Å². The molecule has 1 aliphatic heterocycles. The molecule has 4 rings (SSSR count). The molecule has 2 aromatic rings. The van der Waals surface area contributed by atoms with Crippen molar-refractivity contribution >= 4 is 28.5 Å². The predicted octanol–water partition coefficient (Wildman–Crippen LogP) is 2.71. The summed E-state index contributed by atoms with van der Waals surface area (Å²) in [5, 5.41) is 9.40. The van der Waals surface area contributed by atoms with Gasteiger partial charge in [-0.25, -0.2) is 9.18 Å². The molecule has 8 heteroatoms. The van der Waals surface area contributed by atoms with Crippen LogP contribution in [0.2, 0.25) is 0 Å². The van der Waals surface area contributed by atoms with E-state index in [2.05, 4.69) is 0 Å². The van der Waals surface area contributed by atoms with Gasteiger partial charge in [0.2, 0.25) is 5.43 Å². The molecule has 1 N–H and O–H groups in total. The van der Waals surface area contributed by atoms with Gasteiger partial charge in [-0.15, -0.1) is 0 Å². The number of hydrogen-bond donors (Lipinski definition) is 1. The number of halogens is 1. The van der Waals surface area contributed by atoms with Crippen molar-refractivity contribution in [3.63, 3.8) is 0 Å². The largest absolute Gasteiger partial charge is 0.477 e. The molecule has 2 heterocycles. The molecule has 0 radical (unpaired) electrons. The van der Waals surface area contributed by atoms with Gasteiger partial charge < -0.3 is 19.3 Å². The Labute approximate surface area is 160 Å². The molecule has 0 spiro atoms. The number of aromatic carboxylic acids is 1. The quantitative estimate of drug-likeness (QED) is 0.810. The summed E-state index contributed by atoms with van der Waals surface area (Å²) in [6, 6.07) is 2.92. The molecule has 1 saturated heterocycles. The lowest BCUT2D eigenvalue weighted by Crippen LogP contribution is -2.38. The van der Waals surface area contributed by atoms with Gasteiger partial charge in [0.1, 0.15) is 17.5 Å². The van der Waals surface area contributed by atoms with Gasteiger partial charge in [-0.1, -0.05) is 0 Å². The number of carbonyl (C=O) groups is 2. The molecule has 1 aliphatic carbocycles. The summed E-state index contributed by atoms with van der Waals surface area (Å²) in [5.41, 5.74) is -0.0752. The number of anilines is 1. The van der Waals surface area contributed by atoms with Gasteiger partial charge in [0.15, 0.2) is 0 Å². The van der Waals surface area contributed by atoms with Gasteiger partial charge in [-0.2, -0.15) is 0 Å². The van der Waals surface area contributed by atoms with Crippen LogP contribution >= 0.6 is 0 Å². The molecule has 2 fully saturated rings. The highest BCUT2D eigenvalue weighted by molar-refractivity contribution is 5.93. The first kappa shape index (κ1) is 18.5. The number of aromatic nitrogens is 1. The number of carboxylic acid groups (broad SMARTS) is 1. The minimum absolute atomic E-state index is 0.0860. The number of pyridine rings is 1. The minimum atomic E-state index is -1.31. The van der Waals surface area contributed by atoms with Crippen molar-refractivity contribution in [2.75, 3.05) is 18.0 Å². The second-order valence-electron chi connectivity index (χ2n) is 7.43. The van der Waals surface area contributed by atoms with E-state index in [-0.39, 0.29) is 29.1 Å². The number of rotatable bonds is 4. The van der Waals surface area contributed by atoms with Crippen molar-refractivity contribution in [1.29, 1.82) is 0 Å². The second kappa shape index (κ2) is 6.92. The van der Waals surface area contributed by atoms with Gasteiger partial charge >= 0.3 is 11.9 Å². The van der Waals surface area contributed by atoms with Gasteiger partial charge in [0, 0.05) is 50.5 Å². The van der Waals surface area contributed by atoms with E-state index < -0.39 is 17.2 Å². The molecule has 28 heavy (non-hydrogen) atoms. The van der Waals surface area contributed by atoms with Crippen LogP contribution in [0.4, 0.5) is 10.1 Å². The van der Waals surface area contributed by atoms with Crippen LogP contribution in [0.15, 0.2) is 23.1 Å². The fourth-order valence-corrected chi connectivity index (χ4v) is 3.86. The zero-order valence-corrected chi connectivity index (χ0v) is 15.5. The number of ether oxygens (including phenoxy) is 1. The third-order valence-electron chi connectivity index (χ3n) is 5.39. The average Bonchev–Trinajstić information content (AvgIpc) is 3.47. The average molecular weight is 388 g/mol. The first-order valence-corrected chi connectivity index (χ1v) is 9.39. The molecule has 0 atom stereocenters. The van der Waals surface area contributed by atoms with E-state index in [9.17, 15) is 23.9 Å². The standard InChI is InChI=1S/C20H21FN2O5/c1-11(24)28-13-4-6-22(7-5-13)18-9-17-14(8-16(18)21)19(25)15(20(26)27)10-23(17)12-2-3-12/h8-10,12-13H,2-7H2,1H3,(H,26,27). The lowest BCUT2D eigenvalue weighted by atomic mass is 10.0. The number of carbonyl (C=O) groups excluding carboxylic acids is 1. The summed E-state index contributed by atoms with van der Waals surface area (Å²) in [6.07, 6.45) is 4.21. The van der Waals surface area contributed by atoms with E-state index >= 15 is 0 Å². The monoisotopic (exact) mass is 388 g/mol. The lowest BCUT2D eigenvalue weighted by molar-refractivity contribution is -0.147. The smallest absolute Gasteiger partial charge is 0.341 e. The number of benzene rings is 1. The highest BCUT2D eigenvalue weighted by Crippen LogP contribution is 2.38.